The Hall–Kier alpha value is -3.43. The van der Waals surface area contributed by atoms with Gasteiger partial charge in [-0.3, -0.25) is 0 Å². The molecule has 3 aromatic rings. The van der Waals surface area contributed by atoms with Gasteiger partial charge in [0.15, 0.2) is 0 Å². The monoisotopic (exact) mass is 431 g/mol. The van der Waals surface area contributed by atoms with E-state index < -0.39 is 5.97 Å². The number of nitrogens with one attached hydrogen (secondary N) is 1. The fraction of sp³-hybridized carbons (Fsp3) is 0.240. The second-order valence-electron chi connectivity index (χ2n) is 7.41. The molecule has 0 amide bonds. The first-order chi connectivity index (χ1) is 15.0. The summed E-state index contributed by atoms with van der Waals surface area (Å²) < 4.78 is 5.09. The molecule has 5 nitrogen and oxygen atoms in total. The molecule has 0 aliphatic heterocycles. The van der Waals surface area contributed by atoms with Crippen molar-refractivity contribution >= 4 is 28.6 Å². The Balaban J connectivity index is 1.79. The quantitative estimate of drug-likeness (QED) is 0.341. The molecule has 2 aromatic carbocycles. The van der Waals surface area contributed by atoms with Crippen molar-refractivity contribution in [3.05, 3.63) is 76.2 Å². The summed E-state index contributed by atoms with van der Waals surface area (Å²) in [6.45, 7) is 6.47. The molecule has 0 saturated heterocycles. The van der Waals surface area contributed by atoms with Gasteiger partial charge in [0, 0.05) is 17.1 Å². The van der Waals surface area contributed by atoms with Gasteiger partial charge in [-0.25, -0.2) is 9.78 Å². The van der Waals surface area contributed by atoms with Crippen LogP contribution < -0.4 is 5.32 Å². The van der Waals surface area contributed by atoms with Gasteiger partial charge in [0.25, 0.3) is 0 Å². The Morgan fingerprint density at radius 3 is 2.65 bits per heavy atom. The van der Waals surface area contributed by atoms with Crippen LogP contribution in [0.1, 0.15) is 41.7 Å². The standard InChI is InChI=1S/C25H25N3O2S/c1-4-30-25(29)21-7-5-6-8-22(21)27-15-20(14-26)24-28-23(16-31-24)19-11-9-18(10-12-19)13-17(2)3/h5-12,15-17,27H,4,13H2,1-3H3. The van der Waals surface area contributed by atoms with E-state index in [9.17, 15) is 10.1 Å². The molecule has 0 radical (unpaired) electrons. The molecule has 0 aliphatic carbocycles. The predicted molar refractivity (Wildman–Crippen MR) is 126 cm³/mol. The summed E-state index contributed by atoms with van der Waals surface area (Å²) >= 11 is 1.41. The number of carbonyl (C=O) groups excluding carboxylic acids is 1. The number of rotatable bonds is 8. The highest BCUT2D eigenvalue weighted by Crippen LogP contribution is 2.27. The number of carbonyl (C=O) groups is 1. The number of ether oxygens (including phenoxy) is 1. The highest BCUT2D eigenvalue weighted by atomic mass is 32.1. The fourth-order valence-corrected chi connectivity index (χ4v) is 3.90. The molecule has 1 aromatic heterocycles. The lowest BCUT2D eigenvalue weighted by molar-refractivity contribution is 0.0527. The summed E-state index contributed by atoms with van der Waals surface area (Å²) in [7, 11) is 0. The van der Waals surface area contributed by atoms with Gasteiger partial charge < -0.3 is 10.1 Å². The molecule has 0 saturated carbocycles. The number of anilines is 1. The average Bonchev–Trinajstić information content (AvgIpc) is 3.25. The largest absolute Gasteiger partial charge is 0.462 e. The highest BCUT2D eigenvalue weighted by molar-refractivity contribution is 7.11. The van der Waals surface area contributed by atoms with Crippen LogP contribution in [0.5, 0.6) is 0 Å². The maximum absolute atomic E-state index is 12.1. The molecule has 0 spiro atoms. The second kappa shape index (κ2) is 10.6. The van der Waals surface area contributed by atoms with Crippen LogP contribution in [0.25, 0.3) is 16.8 Å². The van der Waals surface area contributed by atoms with E-state index in [0.717, 1.165) is 17.7 Å². The molecule has 0 unspecified atom stereocenters. The van der Waals surface area contributed by atoms with Gasteiger partial charge in [-0.05, 0) is 37.0 Å². The third kappa shape index (κ3) is 5.80. The van der Waals surface area contributed by atoms with Crippen LogP contribution in [0.2, 0.25) is 0 Å². The van der Waals surface area contributed by atoms with Gasteiger partial charge in [-0.1, -0.05) is 50.2 Å². The van der Waals surface area contributed by atoms with Gasteiger partial charge >= 0.3 is 5.97 Å². The van der Waals surface area contributed by atoms with E-state index in [4.69, 9.17) is 4.74 Å². The van der Waals surface area contributed by atoms with Crippen molar-refractivity contribution in [2.75, 3.05) is 11.9 Å². The van der Waals surface area contributed by atoms with Gasteiger partial charge in [-0.15, -0.1) is 11.3 Å². The third-order valence-corrected chi connectivity index (χ3v) is 5.42. The normalized spacial score (nSPS) is 11.3. The van der Waals surface area contributed by atoms with E-state index in [-0.39, 0.29) is 0 Å². The van der Waals surface area contributed by atoms with Crippen LogP contribution >= 0.6 is 11.3 Å². The Kier molecular flexibility index (Phi) is 7.58. The molecular formula is C25H25N3O2S. The number of hydrogen-bond donors (Lipinski definition) is 1. The Labute approximate surface area is 187 Å². The van der Waals surface area contributed by atoms with Crippen LogP contribution in [0.3, 0.4) is 0 Å². The van der Waals surface area contributed by atoms with Gasteiger partial charge in [0.05, 0.1) is 23.6 Å². The van der Waals surface area contributed by atoms with E-state index in [0.29, 0.717) is 34.4 Å². The maximum Gasteiger partial charge on any atom is 0.340 e. The summed E-state index contributed by atoms with van der Waals surface area (Å²) in [5.41, 5.74) is 4.55. The summed E-state index contributed by atoms with van der Waals surface area (Å²) in [5.74, 6) is 0.205. The van der Waals surface area contributed by atoms with Crippen molar-refractivity contribution in [3.8, 4) is 17.3 Å². The molecule has 0 fully saturated rings. The fourth-order valence-electron chi connectivity index (χ4n) is 3.10. The summed E-state index contributed by atoms with van der Waals surface area (Å²) in [6, 6.07) is 17.6. The molecule has 31 heavy (non-hydrogen) atoms. The van der Waals surface area contributed by atoms with Crippen LogP contribution in [0, 0.1) is 17.2 Å². The number of nitrogens with zero attached hydrogens (tertiary/aromatic N) is 2. The van der Waals surface area contributed by atoms with Crippen molar-refractivity contribution in [3.63, 3.8) is 0 Å². The highest BCUT2D eigenvalue weighted by Gasteiger charge is 2.13. The number of benzene rings is 2. The molecule has 6 heteroatoms. The lowest BCUT2D eigenvalue weighted by Crippen LogP contribution is -2.07. The van der Waals surface area contributed by atoms with Crippen LogP contribution in [-0.4, -0.2) is 17.6 Å². The number of allylic oxidation sites excluding steroid dienone is 1. The van der Waals surface area contributed by atoms with E-state index in [1.54, 1.807) is 31.3 Å². The number of esters is 1. The van der Waals surface area contributed by atoms with E-state index in [2.05, 4.69) is 54.5 Å². The molecule has 0 bridgehead atoms. The number of thiazole rings is 1. The van der Waals surface area contributed by atoms with Crippen molar-refractivity contribution in [2.45, 2.75) is 27.2 Å². The summed E-state index contributed by atoms with van der Waals surface area (Å²) in [4.78, 5) is 16.8. The zero-order valence-corrected chi connectivity index (χ0v) is 18.7. The van der Waals surface area contributed by atoms with Crippen molar-refractivity contribution < 1.29 is 9.53 Å². The average molecular weight is 432 g/mol. The Morgan fingerprint density at radius 2 is 1.97 bits per heavy atom. The topological polar surface area (TPSA) is 75.0 Å². The van der Waals surface area contributed by atoms with E-state index >= 15 is 0 Å². The van der Waals surface area contributed by atoms with Crippen molar-refractivity contribution in [2.24, 2.45) is 5.92 Å². The number of nitriles is 1. The first kappa shape index (κ1) is 22.3. The molecule has 3 rings (SSSR count). The van der Waals surface area contributed by atoms with Crippen LogP contribution in [-0.2, 0) is 11.2 Å². The zero-order valence-electron chi connectivity index (χ0n) is 17.9. The second-order valence-corrected chi connectivity index (χ2v) is 8.27. The maximum atomic E-state index is 12.1. The predicted octanol–water partition coefficient (Wildman–Crippen LogP) is 6.16. The number of hydrogen-bond acceptors (Lipinski definition) is 6. The molecule has 1 heterocycles. The lowest BCUT2D eigenvalue weighted by Gasteiger charge is -2.08. The Morgan fingerprint density at radius 1 is 1.23 bits per heavy atom. The SMILES string of the molecule is CCOC(=O)c1ccccc1NC=C(C#N)c1nc(-c2ccc(CC(C)C)cc2)cs1. The first-order valence-electron chi connectivity index (χ1n) is 10.2. The smallest absolute Gasteiger partial charge is 0.340 e. The number of aromatic nitrogens is 1. The summed E-state index contributed by atoms with van der Waals surface area (Å²) in [6.07, 6.45) is 2.62. The lowest BCUT2D eigenvalue weighted by atomic mass is 10.0. The minimum absolute atomic E-state index is 0.298. The van der Waals surface area contributed by atoms with Crippen molar-refractivity contribution in [1.82, 2.24) is 4.98 Å². The van der Waals surface area contributed by atoms with Crippen LogP contribution in [0.15, 0.2) is 60.1 Å². The molecular weight excluding hydrogens is 406 g/mol. The minimum atomic E-state index is -0.407. The molecule has 158 valence electrons. The molecule has 0 atom stereocenters. The molecule has 1 N–H and O–H groups in total. The van der Waals surface area contributed by atoms with Gasteiger partial charge in [-0.2, -0.15) is 5.26 Å². The summed E-state index contributed by atoms with van der Waals surface area (Å²) in [5, 5.41) is 15.3. The van der Waals surface area contributed by atoms with Gasteiger partial charge in [0.2, 0.25) is 0 Å². The van der Waals surface area contributed by atoms with Crippen molar-refractivity contribution in [1.29, 1.82) is 5.26 Å². The Bertz CT molecular complexity index is 1110. The third-order valence-electron chi connectivity index (χ3n) is 4.54. The van der Waals surface area contributed by atoms with E-state index in [1.165, 1.54) is 16.9 Å². The first-order valence-corrected chi connectivity index (χ1v) is 11.1. The van der Waals surface area contributed by atoms with Gasteiger partial charge in [0.1, 0.15) is 16.6 Å². The van der Waals surface area contributed by atoms with Crippen LogP contribution in [0.4, 0.5) is 5.69 Å². The zero-order chi connectivity index (χ0) is 22.2. The minimum Gasteiger partial charge on any atom is -0.462 e. The number of para-hydroxylation sites is 1. The molecule has 0 aliphatic rings. The van der Waals surface area contributed by atoms with E-state index in [1.807, 2.05) is 11.4 Å².